The van der Waals surface area contributed by atoms with Crippen molar-refractivity contribution < 1.29 is 0 Å². The smallest absolute Gasteiger partial charge is 0.0361 e. The molecule has 2 nitrogen and oxygen atoms in total. The van der Waals surface area contributed by atoms with Crippen LogP contribution in [0.15, 0.2) is 35.9 Å². The van der Waals surface area contributed by atoms with Crippen molar-refractivity contribution in [2.75, 3.05) is 32.4 Å². The number of thioether (sulfide) groups is 1. The molecule has 1 rings (SSSR count). The van der Waals surface area contributed by atoms with Crippen LogP contribution < -0.4 is 5.32 Å². The van der Waals surface area contributed by atoms with Crippen molar-refractivity contribution in [3.63, 3.8) is 0 Å². The molecule has 78 valence electrons. The average Bonchev–Trinajstić information content (AvgIpc) is 2.26. The number of allylic oxidation sites excluding steroid dienone is 3. The molecule has 0 radical (unpaired) electrons. The van der Waals surface area contributed by atoms with Crippen LogP contribution in [0.2, 0.25) is 0 Å². The monoisotopic (exact) mass is 210 g/mol. The SMILES string of the molecule is C=C/C(=C\C=C\SC)N1CCNCC1. The van der Waals surface area contributed by atoms with E-state index in [2.05, 4.69) is 40.6 Å². The summed E-state index contributed by atoms with van der Waals surface area (Å²) in [7, 11) is 0. The largest absolute Gasteiger partial charge is 0.369 e. The highest BCUT2D eigenvalue weighted by Crippen LogP contribution is 2.07. The van der Waals surface area contributed by atoms with Gasteiger partial charge in [-0.2, -0.15) is 0 Å². The van der Waals surface area contributed by atoms with Crippen molar-refractivity contribution in [1.82, 2.24) is 10.2 Å². The molecule has 0 amide bonds. The first-order valence-electron chi connectivity index (χ1n) is 4.86. The van der Waals surface area contributed by atoms with Gasteiger partial charge in [-0.05, 0) is 23.8 Å². The molecule has 1 fully saturated rings. The Labute approximate surface area is 90.7 Å². The molecule has 0 aromatic rings. The molecular weight excluding hydrogens is 192 g/mol. The van der Waals surface area contributed by atoms with Gasteiger partial charge >= 0.3 is 0 Å². The Morgan fingerprint density at radius 3 is 2.71 bits per heavy atom. The second-order valence-electron chi connectivity index (χ2n) is 3.10. The molecule has 1 aliphatic heterocycles. The predicted octanol–water partition coefficient (Wildman–Crippen LogP) is 1.84. The fourth-order valence-corrected chi connectivity index (χ4v) is 1.68. The van der Waals surface area contributed by atoms with E-state index in [1.54, 1.807) is 11.8 Å². The van der Waals surface area contributed by atoms with Gasteiger partial charge in [0.05, 0.1) is 0 Å². The zero-order valence-electron chi connectivity index (χ0n) is 8.70. The van der Waals surface area contributed by atoms with Gasteiger partial charge in [-0.25, -0.2) is 0 Å². The number of hydrogen-bond acceptors (Lipinski definition) is 3. The minimum Gasteiger partial charge on any atom is -0.369 e. The molecule has 0 aromatic carbocycles. The lowest BCUT2D eigenvalue weighted by molar-refractivity contribution is 0.307. The van der Waals surface area contributed by atoms with Crippen LogP contribution in [0.5, 0.6) is 0 Å². The molecule has 0 aliphatic carbocycles. The van der Waals surface area contributed by atoms with Gasteiger partial charge in [0.2, 0.25) is 0 Å². The van der Waals surface area contributed by atoms with E-state index in [0.717, 1.165) is 26.2 Å². The van der Waals surface area contributed by atoms with Gasteiger partial charge in [-0.1, -0.05) is 12.7 Å². The predicted molar refractivity (Wildman–Crippen MR) is 65.4 cm³/mol. The van der Waals surface area contributed by atoms with Crippen LogP contribution in [0.3, 0.4) is 0 Å². The summed E-state index contributed by atoms with van der Waals surface area (Å²) in [5.74, 6) is 0. The van der Waals surface area contributed by atoms with Gasteiger partial charge in [0, 0.05) is 31.9 Å². The van der Waals surface area contributed by atoms with Crippen molar-refractivity contribution in [2.45, 2.75) is 0 Å². The van der Waals surface area contributed by atoms with E-state index < -0.39 is 0 Å². The number of piperazine rings is 1. The summed E-state index contributed by atoms with van der Waals surface area (Å²) >= 11 is 1.71. The lowest BCUT2D eigenvalue weighted by Crippen LogP contribution is -2.42. The van der Waals surface area contributed by atoms with Crippen LogP contribution in [0.25, 0.3) is 0 Å². The first-order valence-corrected chi connectivity index (χ1v) is 6.15. The molecule has 3 heteroatoms. The van der Waals surface area contributed by atoms with Gasteiger partial charge in [0.25, 0.3) is 0 Å². The zero-order chi connectivity index (χ0) is 10.2. The lowest BCUT2D eigenvalue weighted by Gasteiger charge is -2.30. The summed E-state index contributed by atoms with van der Waals surface area (Å²) < 4.78 is 0. The maximum atomic E-state index is 3.84. The van der Waals surface area contributed by atoms with Crippen LogP contribution in [-0.2, 0) is 0 Å². The molecule has 0 spiro atoms. The molecule has 0 unspecified atom stereocenters. The second-order valence-corrected chi connectivity index (χ2v) is 3.84. The van der Waals surface area contributed by atoms with E-state index in [9.17, 15) is 0 Å². The Hall–Kier alpha value is -0.670. The Bertz CT molecular complexity index is 227. The first kappa shape index (κ1) is 11.4. The Morgan fingerprint density at radius 1 is 1.43 bits per heavy atom. The summed E-state index contributed by atoms with van der Waals surface area (Å²) in [6, 6.07) is 0. The fourth-order valence-electron chi connectivity index (χ4n) is 1.44. The maximum Gasteiger partial charge on any atom is 0.0361 e. The maximum absolute atomic E-state index is 3.84. The van der Waals surface area contributed by atoms with E-state index in [1.165, 1.54) is 5.70 Å². The quantitative estimate of drug-likeness (QED) is 0.713. The highest BCUT2D eigenvalue weighted by Gasteiger charge is 2.09. The molecule has 1 saturated heterocycles. The van der Waals surface area contributed by atoms with E-state index >= 15 is 0 Å². The highest BCUT2D eigenvalue weighted by molar-refractivity contribution is 8.01. The minimum absolute atomic E-state index is 1.07. The number of nitrogens with one attached hydrogen (secondary N) is 1. The standard InChI is InChI=1S/C11H18N2S/c1-3-11(5-4-10-14-2)13-8-6-12-7-9-13/h3-5,10,12H,1,6-9H2,2H3/b10-4+,11-5+. The molecule has 1 aliphatic rings. The van der Waals surface area contributed by atoms with Crippen molar-refractivity contribution in [3.05, 3.63) is 35.9 Å². The molecule has 0 bridgehead atoms. The summed E-state index contributed by atoms with van der Waals surface area (Å²) in [5, 5.41) is 5.41. The van der Waals surface area contributed by atoms with Gasteiger partial charge in [0.15, 0.2) is 0 Å². The van der Waals surface area contributed by atoms with Crippen LogP contribution in [0.4, 0.5) is 0 Å². The summed E-state index contributed by atoms with van der Waals surface area (Å²) in [6.45, 7) is 8.13. The molecule has 0 aromatic heterocycles. The lowest BCUT2D eigenvalue weighted by atomic mass is 10.3. The third-order valence-corrected chi connectivity index (χ3v) is 2.60. The highest BCUT2D eigenvalue weighted by atomic mass is 32.2. The minimum atomic E-state index is 1.07. The molecular formula is C11H18N2S. The molecule has 1 N–H and O–H groups in total. The van der Waals surface area contributed by atoms with Gasteiger partial charge in [0.1, 0.15) is 0 Å². The van der Waals surface area contributed by atoms with Crippen LogP contribution in [-0.4, -0.2) is 37.3 Å². The molecule has 14 heavy (non-hydrogen) atoms. The number of rotatable bonds is 4. The van der Waals surface area contributed by atoms with E-state index in [1.807, 2.05) is 6.08 Å². The third-order valence-electron chi connectivity index (χ3n) is 2.17. The number of hydrogen-bond donors (Lipinski definition) is 1. The van der Waals surface area contributed by atoms with Crippen LogP contribution >= 0.6 is 11.8 Å². The Morgan fingerprint density at radius 2 is 2.14 bits per heavy atom. The van der Waals surface area contributed by atoms with Crippen molar-refractivity contribution in [3.8, 4) is 0 Å². The van der Waals surface area contributed by atoms with Gasteiger partial charge in [-0.15, -0.1) is 11.8 Å². The van der Waals surface area contributed by atoms with Crippen molar-refractivity contribution >= 4 is 11.8 Å². The summed E-state index contributed by atoms with van der Waals surface area (Å²) in [6.07, 6.45) is 8.18. The molecule has 1 heterocycles. The zero-order valence-corrected chi connectivity index (χ0v) is 9.52. The van der Waals surface area contributed by atoms with E-state index in [0.29, 0.717) is 0 Å². The van der Waals surface area contributed by atoms with Gasteiger partial charge in [-0.3, -0.25) is 0 Å². The summed E-state index contributed by atoms with van der Waals surface area (Å²) in [4.78, 5) is 2.36. The van der Waals surface area contributed by atoms with Crippen molar-refractivity contribution in [1.29, 1.82) is 0 Å². The molecule has 0 saturated carbocycles. The van der Waals surface area contributed by atoms with Crippen molar-refractivity contribution in [2.24, 2.45) is 0 Å². The Balaban J connectivity index is 2.54. The van der Waals surface area contributed by atoms with Crippen LogP contribution in [0.1, 0.15) is 0 Å². The van der Waals surface area contributed by atoms with Crippen LogP contribution in [0, 0.1) is 0 Å². The summed E-state index contributed by atoms with van der Waals surface area (Å²) in [5.41, 5.74) is 1.22. The first-order chi connectivity index (χ1) is 6.88. The second kappa shape index (κ2) is 6.74. The molecule has 0 atom stereocenters. The van der Waals surface area contributed by atoms with E-state index in [-0.39, 0.29) is 0 Å². The normalized spacial score (nSPS) is 18.9. The van der Waals surface area contributed by atoms with Gasteiger partial charge < -0.3 is 10.2 Å². The average molecular weight is 210 g/mol. The topological polar surface area (TPSA) is 15.3 Å². The number of nitrogens with zero attached hydrogens (tertiary/aromatic N) is 1. The third kappa shape index (κ3) is 3.60. The fraction of sp³-hybridized carbons (Fsp3) is 0.455. The Kier molecular flexibility index (Phi) is 5.49. The van der Waals surface area contributed by atoms with E-state index in [4.69, 9.17) is 0 Å².